The second-order valence-corrected chi connectivity index (χ2v) is 6.10. The highest BCUT2D eigenvalue weighted by Gasteiger charge is 2.04. The second kappa shape index (κ2) is 8.62. The molecular formula is C18H20FNO2S. The fraction of sp³-hybridized carbons (Fsp3) is 0.222. The van der Waals surface area contributed by atoms with Crippen molar-refractivity contribution in [2.45, 2.75) is 12.5 Å². The Labute approximate surface area is 139 Å². The van der Waals surface area contributed by atoms with Gasteiger partial charge in [0.1, 0.15) is 11.6 Å². The Kier molecular flexibility index (Phi) is 6.52. The lowest BCUT2D eigenvalue weighted by Gasteiger charge is -2.09. The highest BCUT2D eigenvalue weighted by atomic mass is 32.1. The fourth-order valence-corrected chi connectivity index (χ4v) is 3.03. The third-order valence-electron chi connectivity index (χ3n) is 3.27. The van der Waals surface area contributed by atoms with E-state index in [0.29, 0.717) is 18.7 Å². The van der Waals surface area contributed by atoms with Crippen LogP contribution >= 0.6 is 11.3 Å². The van der Waals surface area contributed by atoms with Gasteiger partial charge in [0.2, 0.25) is 0 Å². The lowest BCUT2D eigenvalue weighted by Crippen LogP contribution is -2.25. The molecule has 0 aliphatic rings. The molecule has 0 spiro atoms. The minimum Gasteiger partial charge on any atom is -0.507 e. The minimum atomic E-state index is -0.452. The van der Waals surface area contributed by atoms with Crippen LogP contribution in [0.15, 0.2) is 53.9 Å². The van der Waals surface area contributed by atoms with Gasteiger partial charge in [0.05, 0.1) is 6.10 Å². The summed E-state index contributed by atoms with van der Waals surface area (Å²) < 4.78 is 13.8. The predicted octanol–water partition coefficient (Wildman–Crippen LogP) is 3.56. The number of aliphatic hydroxyl groups excluding tert-OH is 1. The average Bonchev–Trinajstić information content (AvgIpc) is 2.98. The molecule has 3 N–H and O–H groups in total. The highest BCUT2D eigenvalue weighted by molar-refractivity contribution is 7.17. The zero-order chi connectivity index (χ0) is 16.7. The van der Waals surface area contributed by atoms with Crippen molar-refractivity contribution in [1.82, 2.24) is 5.32 Å². The van der Waals surface area contributed by atoms with Crippen LogP contribution in [0, 0.1) is 5.82 Å². The zero-order valence-corrected chi connectivity index (χ0v) is 13.7. The van der Waals surface area contributed by atoms with E-state index in [1.54, 1.807) is 30.5 Å². The molecule has 1 unspecified atom stereocenters. The second-order valence-electron chi connectivity index (χ2n) is 5.16. The van der Waals surface area contributed by atoms with Crippen LogP contribution in [-0.4, -0.2) is 29.9 Å². The number of nitrogens with one attached hydrogen (secondary N) is 1. The molecule has 0 fully saturated rings. The Morgan fingerprint density at radius 3 is 2.65 bits per heavy atom. The molecule has 1 aromatic heterocycles. The first-order valence-corrected chi connectivity index (χ1v) is 8.20. The average molecular weight is 333 g/mol. The van der Waals surface area contributed by atoms with Crippen molar-refractivity contribution >= 4 is 21.4 Å². The Morgan fingerprint density at radius 1 is 1.17 bits per heavy atom. The van der Waals surface area contributed by atoms with Crippen LogP contribution in [-0.2, 0) is 6.42 Å². The maximum atomic E-state index is 12.7. The summed E-state index contributed by atoms with van der Waals surface area (Å²) in [6.45, 7) is 0.524. The lowest BCUT2D eigenvalue weighted by atomic mass is 10.1. The van der Waals surface area contributed by atoms with E-state index >= 15 is 0 Å². The number of halogens is 1. The molecule has 0 radical (unpaired) electrons. The van der Waals surface area contributed by atoms with Gasteiger partial charge in [-0.1, -0.05) is 18.2 Å². The van der Waals surface area contributed by atoms with Crippen LogP contribution < -0.4 is 5.32 Å². The molecule has 122 valence electrons. The summed E-state index contributed by atoms with van der Waals surface area (Å²) in [5.41, 5.74) is 0.822. The van der Waals surface area contributed by atoms with E-state index in [1.807, 2.05) is 29.6 Å². The van der Waals surface area contributed by atoms with Crippen molar-refractivity contribution in [3.8, 4) is 5.75 Å². The van der Waals surface area contributed by atoms with Gasteiger partial charge in [0.25, 0.3) is 0 Å². The van der Waals surface area contributed by atoms with Gasteiger partial charge in [-0.3, -0.25) is 0 Å². The minimum absolute atomic E-state index is 0.255. The number of aromatic hydroxyl groups is 1. The number of hydrogen-bond acceptors (Lipinski definition) is 4. The van der Waals surface area contributed by atoms with Gasteiger partial charge in [0.15, 0.2) is 0 Å². The first-order valence-electron chi connectivity index (χ1n) is 7.32. The van der Waals surface area contributed by atoms with Crippen LogP contribution in [0.25, 0.3) is 10.1 Å². The molecule has 0 saturated heterocycles. The quantitative estimate of drug-likeness (QED) is 0.684. The summed E-state index contributed by atoms with van der Waals surface area (Å²) in [5.74, 6) is 0.118. The molecule has 3 rings (SSSR count). The molecule has 23 heavy (non-hydrogen) atoms. The molecule has 3 aromatic rings. The number of phenols is 1. The van der Waals surface area contributed by atoms with Crippen molar-refractivity contribution in [2.75, 3.05) is 13.6 Å². The van der Waals surface area contributed by atoms with Gasteiger partial charge in [-0.05, 0) is 54.7 Å². The molecule has 0 aliphatic carbocycles. The molecule has 0 aliphatic heterocycles. The molecule has 5 heteroatoms. The van der Waals surface area contributed by atoms with E-state index < -0.39 is 6.10 Å². The fourth-order valence-electron chi connectivity index (χ4n) is 2.22. The van der Waals surface area contributed by atoms with Crippen molar-refractivity contribution in [1.29, 1.82) is 0 Å². The van der Waals surface area contributed by atoms with Crippen LogP contribution in [0.3, 0.4) is 0 Å². The number of thiophene rings is 1. The summed E-state index contributed by atoms with van der Waals surface area (Å²) in [6, 6.07) is 13.8. The Hall–Kier alpha value is -1.95. The first kappa shape index (κ1) is 17.4. The van der Waals surface area contributed by atoms with E-state index in [0.717, 1.165) is 15.6 Å². The molecule has 2 aromatic carbocycles. The third kappa shape index (κ3) is 5.32. The smallest absolute Gasteiger partial charge is 0.124 e. The van der Waals surface area contributed by atoms with Crippen LogP contribution in [0.4, 0.5) is 4.39 Å². The number of benzene rings is 2. The Morgan fingerprint density at radius 2 is 1.96 bits per heavy atom. The first-order chi connectivity index (χ1) is 11.1. The van der Waals surface area contributed by atoms with Gasteiger partial charge in [-0.25, -0.2) is 4.39 Å². The number of rotatable bonds is 4. The standard InChI is InChI=1S/C10H14FNO.C8H6OS/c1-12-7-10(13)6-8-3-2-4-9(11)5-8;9-7-2-1-3-8-6(7)4-5-10-8/h2-5,10,12-13H,6-7H2,1H3;1-5,9H. The zero-order valence-electron chi connectivity index (χ0n) is 12.9. The van der Waals surface area contributed by atoms with Crippen molar-refractivity contribution in [3.63, 3.8) is 0 Å². The largest absolute Gasteiger partial charge is 0.507 e. The van der Waals surface area contributed by atoms with Crippen LogP contribution in [0.1, 0.15) is 5.56 Å². The molecule has 3 nitrogen and oxygen atoms in total. The molecule has 0 amide bonds. The monoisotopic (exact) mass is 333 g/mol. The number of likely N-dealkylation sites (N-methyl/N-ethyl adjacent to an activating group) is 1. The van der Waals surface area contributed by atoms with Crippen LogP contribution in [0.2, 0.25) is 0 Å². The molecular weight excluding hydrogens is 313 g/mol. The molecule has 0 bridgehead atoms. The van der Waals surface area contributed by atoms with Gasteiger partial charge in [-0.2, -0.15) is 0 Å². The molecule has 1 heterocycles. The summed E-state index contributed by atoms with van der Waals surface area (Å²) in [5, 5.41) is 24.5. The summed E-state index contributed by atoms with van der Waals surface area (Å²) in [6.07, 6.45) is 0.0327. The lowest BCUT2D eigenvalue weighted by molar-refractivity contribution is 0.174. The summed E-state index contributed by atoms with van der Waals surface area (Å²) >= 11 is 1.64. The maximum absolute atomic E-state index is 12.7. The van der Waals surface area contributed by atoms with E-state index in [4.69, 9.17) is 0 Å². The van der Waals surface area contributed by atoms with E-state index in [1.165, 1.54) is 12.1 Å². The molecule has 0 saturated carbocycles. The third-order valence-corrected chi connectivity index (χ3v) is 4.16. The summed E-state index contributed by atoms with van der Waals surface area (Å²) in [7, 11) is 1.77. The maximum Gasteiger partial charge on any atom is 0.124 e. The highest BCUT2D eigenvalue weighted by Crippen LogP contribution is 2.27. The van der Waals surface area contributed by atoms with Gasteiger partial charge in [-0.15, -0.1) is 11.3 Å². The van der Waals surface area contributed by atoms with Gasteiger partial charge in [0, 0.05) is 16.6 Å². The van der Waals surface area contributed by atoms with Crippen molar-refractivity contribution in [3.05, 3.63) is 65.3 Å². The summed E-state index contributed by atoms with van der Waals surface area (Å²) in [4.78, 5) is 0. The van der Waals surface area contributed by atoms with Crippen LogP contribution in [0.5, 0.6) is 5.75 Å². The predicted molar refractivity (Wildman–Crippen MR) is 93.5 cm³/mol. The van der Waals surface area contributed by atoms with Crippen molar-refractivity contribution < 1.29 is 14.6 Å². The van der Waals surface area contributed by atoms with Gasteiger partial charge < -0.3 is 15.5 Å². The number of phenolic OH excluding ortho intramolecular Hbond substituents is 1. The van der Waals surface area contributed by atoms with E-state index in [9.17, 15) is 14.6 Å². The SMILES string of the molecule is CNCC(O)Cc1cccc(F)c1.Oc1cccc2sccc12. The van der Waals surface area contributed by atoms with Gasteiger partial charge >= 0.3 is 0 Å². The Balaban J connectivity index is 0.000000172. The number of aliphatic hydroxyl groups is 1. The van der Waals surface area contributed by atoms with Crippen molar-refractivity contribution in [2.24, 2.45) is 0 Å². The normalized spacial score (nSPS) is 11.8. The van der Waals surface area contributed by atoms with E-state index in [-0.39, 0.29) is 5.82 Å². The topological polar surface area (TPSA) is 52.5 Å². The van der Waals surface area contributed by atoms with E-state index in [2.05, 4.69) is 5.32 Å². The molecule has 1 atom stereocenters. The number of hydrogen-bond donors (Lipinski definition) is 3. The number of fused-ring (bicyclic) bond motifs is 1. The Bertz CT molecular complexity index is 744.